The van der Waals surface area contributed by atoms with Crippen molar-refractivity contribution in [3.63, 3.8) is 0 Å². The molecule has 0 unspecified atom stereocenters. The highest BCUT2D eigenvalue weighted by atomic mass is 16.6. The molecule has 2 rings (SSSR count). The Morgan fingerprint density at radius 3 is 2.81 bits per heavy atom. The third-order valence-electron chi connectivity index (χ3n) is 2.94. The summed E-state index contributed by atoms with van der Waals surface area (Å²) < 4.78 is 9.81. The Hall–Kier alpha value is -2.83. The van der Waals surface area contributed by atoms with Crippen molar-refractivity contribution in [2.75, 3.05) is 12.4 Å². The van der Waals surface area contributed by atoms with Gasteiger partial charge in [-0.3, -0.25) is 10.1 Å². The quantitative estimate of drug-likeness (QED) is 0.517. The molecule has 0 aliphatic heterocycles. The van der Waals surface area contributed by atoms with Gasteiger partial charge in [-0.15, -0.1) is 0 Å². The number of nitro benzene ring substituents is 1. The number of hydrogen-bond acceptors (Lipinski definition) is 6. The first-order valence-corrected chi connectivity index (χ1v) is 6.16. The summed E-state index contributed by atoms with van der Waals surface area (Å²) in [5.74, 6) is 0.0996. The van der Waals surface area contributed by atoms with E-state index in [1.807, 2.05) is 0 Å². The number of hydrogen-bond donors (Lipinski definition) is 1. The van der Waals surface area contributed by atoms with Crippen LogP contribution in [0.15, 0.2) is 34.9 Å². The van der Waals surface area contributed by atoms with Gasteiger partial charge in [-0.2, -0.15) is 0 Å². The lowest BCUT2D eigenvalue weighted by Gasteiger charge is -2.05. The molecule has 0 saturated carbocycles. The molecule has 0 amide bonds. The van der Waals surface area contributed by atoms with E-state index in [4.69, 9.17) is 4.42 Å². The third kappa shape index (κ3) is 3.38. The number of ether oxygens (including phenoxy) is 1. The fraction of sp³-hybridized carbons (Fsp3) is 0.214. The van der Waals surface area contributed by atoms with Gasteiger partial charge in [-0.25, -0.2) is 4.79 Å². The molecule has 0 fully saturated rings. The molecule has 1 heterocycles. The minimum absolute atomic E-state index is 0.0755. The predicted octanol–water partition coefficient (Wildman–Crippen LogP) is 2.89. The molecule has 0 aliphatic carbocycles. The molecule has 0 radical (unpaired) electrons. The van der Waals surface area contributed by atoms with Crippen LogP contribution in [0.1, 0.15) is 21.7 Å². The summed E-state index contributed by atoms with van der Waals surface area (Å²) in [6.07, 6.45) is 1.32. The van der Waals surface area contributed by atoms with Crippen molar-refractivity contribution in [1.82, 2.24) is 0 Å². The van der Waals surface area contributed by atoms with Crippen LogP contribution in [-0.4, -0.2) is 18.0 Å². The molecule has 0 atom stereocenters. The van der Waals surface area contributed by atoms with Gasteiger partial charge in [0.05, 0.1) is 24.1 Å². The maximum absolute atomic E-state index is 11.3. The maximum Gasteiger partial charge on any atom is 0.341 e. The smallest absolute Gasteiger partial charge is 0.341 e. The van der Waals surface area contributed by atoms with E-state index < -0.39 is 10.9 Å². The number of benzene rings is 1. The van der Waals surface area contributed by atoms with Crippen molar-refractivity contribution < 1.29 is 18.9 Å². The Bertz CT molecular complexity index is 678. The van der Waals surface area contributed by atoms with Gasteiger partial charge in [0.15, 0.2) is 0 Å². The van der Waals surface area contributed by atoms with Crippen molar-refractivity contribution >= 4 is 17.3 Å². The number of nitro groups is 1. The SMILES string of the molecule is COC(=O)c1coc(CNc2ccc([N+](=O)[O-])c(C)c2)c1. The third-order valence-corrected chi connectivity index (χ3v) is 2.94. The summed E-state index contributed by atoms with van der Waals surface area (Å²) in [6, 6.07) is 6.33. The van der Waals surface area contributed by atoms with E-state index in [2.05, 4.69) is 10.1 Å². The van der Waals surface area contributed by atoms with Crippen LogP contribution < -0.4 is 5.32 Å². The molecule has 7 heteroatoms. The molecule has 2 aromatic rings. The first-order chi connectivity index (χ1) is 10.0. The van der Waals surface area contributed by atoms with E-state index in [1.165, 1.54) is 19.4 Å². The fourth-order valence-corrected chi connectivity index (χ4v) is 1.86. The van der Waals surface area contributed by atoms with E-state index in [0.717, 1.165) is 5.69 Å². The molecule has 21 heavy (non-hydrogen) atoms. The molecular weight excluding hydrogens is 276 g/mol. The highest BCUT2D eigenvalue weighted by molar-refractivity contribution is 5.89. The predicted molar refractivity (Wildman–Crippen MR) is 75.2 cm³/mol. The van der Waals surface area contributed by atoms with E-state index >= 15 is 0 Å². The standard InChI is InChI=1S/C14H14N2O5/c1-9-5-11(3-4-13(9)16(18)19)15-7-12-6-10(8-21-12)14(17)20-2/h3-6,8,15H,7H2,1-2H3. The lowest BCUT2D eigenvalue weighted by Crippen LogP contribution is -2.01. The summed E-state index contributed by atoms with van der Waals surface area (Å²) in [6.45, 7) is 2.03. The number of methoxy groups -OCH3 is 1. The summed E-state index contributed by atoms with van der Waals surface area (Å²) in [4.78, 5) is 21.6. The molecule has 7 nitrogen and oxygen atoms in total. The minimum Gasteiger partial charge on any atom is -0.467 e. The van der Waals surface area contributed by atoms with Crippen molar-refractivity contribution in [3.05, 3.63) is 57.5 Å². The minimum atomic E-state index is -0.462. The molecule has 110 valence electrons. The molecular formula is C14H14N2O5. The molecule has 1 aromatic carbocycles. The van der Waals surface area contributed by atoms with Gasteiger partial charge in [0.25, 0.3) is 5.69 Å². The summed E-state index contributed by atoms with van der Waals surface area (Å²) in [5, 5.41) is 13.8. The number of carbonyl (C=O) groups is 1. The van der Waals surface area contributed by atoms with Crippen LogP contribution >= 0.6 is 0 Å². The zero-order chi connectivity index (χ0) is 15.4. The number of esters is 1. The second kappa shape index (κ2) is 6.08. The topological polar surface area (TPSA) is 94.6 Å². The fourth-order valence-electron chi connectivity index (χ4n) is 1.86. The number of anilines is 1. The van der Waals surface area contributed by atoms with Gasteiger partial charge < -0.3 is 14.5 Å². The van der Waals surface area contributed by atoms with E-state index in [-0.39, 0.29) is 5.69 Å². The zero-order valence-electron chi connectivity index (χ0n) is 11.6. The van der Waals surface area contributed by atoms with Crippen LogP contribution in [-0.2, 0) is 11.3 Å². The number of nitrogens with zero attached hydrogens (tertiary/aromatic N) is 1. The van der Waals surface area contributed by atoms with Gasteiger partial charge in [-0.1, -0.05) is 0 Å². The first kappa shape index (κ1) is 14.6. The van der Waals surface area contributed by atoms with Gasteiger partial charge >= 0.3 is 5.97 Å². The molecule has 1 N–H and O–H groups in total. The lowest BCUT2D eigenvalue weighted by atomic mass is 10.2. The van der Waals surface area contributed by atoms with E-state index in [1.54, 1.807) is 25.1 Å². The van der Waals surface area contributed by atoms with E-state index in [9.17, 15) is 14.9 Å². The number of rotatable bonds is 5. The Morgan fingerprint density at radius 2 is 2.19 bits per heavy atom. The van der Waals surface area contributed by atoms with Crippen LogP contribution in [0, 0.1) is 17.0 Å². The lowest BCUT2D eigenvalue weighted by molar-refractivity contribution is -0.385. The Labute approximate surface area is 120 Å². The molecule has 0 spiro atoms. The molecule has 0 bridgehead atoms. The van der Waals surface area contributed by atoms with Crippen LogP contribution in [0.4, 0.5) is 11.4 Å². The maximum atomic E-state index is 11.3. The first-order valence-electron chi connectivity index (χ1n) is 6.16. The average molecular weight is 290 g/mol. The van der Waals surface area contributed by atoms with Gasteiger partial charge in [0.1, 0.15) is 12.0 Å². The normalized spacial score (nSPS) is 10.2. The highest BCUT2D eigenvalue weighted by Crippen LogP contribution is 2.22. The van der Waals surface area contributed by atoms with Crippen molar-refractivity contribution in [2.45, 2.75) is 13.5 Å². The van der Waals surface area contributed by atoms with Crippen LogP contribution in [0.25, 0.3) is 0 Å². The van der Waals surface area contributed by atoms with Crippen molar-refractivity contribution in [2.24, 2.45) is 0 Å². The van der Waals surface area contributed by atoms with E-state index in [0.29, 0.717) is 23.4 Å². The second-order valence-corrected chi connectivity index (χ2v) is 4.41. The molecule has 0 aliphatic rings. The number of carbonyl (C=O) groups excluding carboxylic acids is 1. The Morgan fingerprint density at radius 1 is 1.43 bits per heavy atom. The van der Waals surface area contributed by atoms with Gasteiger partial charge in [0, 0.05) is 17.3 Å². The Balaban J connectivity index is 2.03. The van der Waals surface area contributed by atoms with Crippen molar-refractivity contribution in [1.29, 1.82) is 0 Å². The molecule has 0 saturated heterocycles. The summed E-state index contributed by atoms with van der Waals surface area (Å²) >= 11 is 0. The Kier molecular flexibility index (Phi) is 4.22. The summed E-state index contributed by atoms with van der Waals surface area (Å²) in [5.41, 5.74) is 1.72. The summed E-state index contributed by atoms with van der Waals surface area (Å²) in [7, 11) is 1.30. The van der Waals surface area contributed by atoms with Crippen LogP contribution in [0.2, 0.25) is 0 Å². The zero-order valence-corrected chi connectivity index (χ0v) is 11.6. The largest absolute Gasteiger partial charge is 0.467 e. The van der Waals surface area contributed by atoms with Crippen LogP contribution in [0.5, 0.6) is 0 Å². The monoisotopic (exact) mass is 290 g/mol. The highest BCUT2D eigenvalue weighted by Gasteiger charge is 2.12. The number of nitrogens with one attached hydrogen (secondary N) is 1. The van der Waals surface area contributed by atoms with Gasteiger partial charge in [-0.05, 0) is 25.1 Å². The average Bonchev–Trinajstić information content (AvgIpc) is 2.92. The molecule has 1 aromatic heterocycles. The number of furan rings is 1. The van der Waals surface area contributed by atoms with Gasteiger partial charge in [0.2, 0.25) is 0 Å². The van der Waals surface area contributed by atoms with Crippen LogP contribution in [0.3, 0.4) is 0 Å². The second-order valence-electron chi connectivity index (χ2n) is 4.41. The number of aryl methyl sites for hydroxylation is 1. The van der Waals surface area contributed by atoms with Crippen molar-refractivity contribution in [3.8, 4) is 0 Å².